The van der Waals surface area contributed by atoms with Crippen LogP contribution in [-0.4, -0.2) is 40.5 Å². The number of thioether (sulfide) groups is 1. The molecule has 0 unspecified atom stereocenters. The van der Waals surface area contributed by atoms with Crippen LogP contribution in [0.5, 0.6) is 0 Å². The summed E-state index contributed by atoms with van der Waals surface area (Å²) in [5.74, 6) is 0.393. The fourth-order valence-electron chi connectivity index (χ4n) is 1.07. The molecule has 4 nitrogen and oxygen atoms in total. The van der Waals surface area contributed by atoms with E-state index in [9.17, 15) is 9.59 Å². The van der Waals surface area contributed by atoms with Crippen molar-refractivity contribution in [2.75, 3.05) is 19.4 Å². The zero-order valence-corrected chi connectivity index (χ0v) is 9.45. The Labute approximate surface area is 92.0 Å². The van der Waals surface area contributed by atoms with Gasteiger partial charge in [0.15, 0.2) is 0 Å². The third kappa shape index (κ3) is 2.95. The van der Waals surface area contributed by atoms with Gasteiger partial charge in [0.1, 0.15) is 4.32 Å². The third-order valence-corrected chi connectivity index (χ3v) is 3.26. The van der Waals surface area contributed by atoms with Gasteiger partial charge in [-0.1, -0.05) is 24.0 Å². The second-order valence-corrected chi connectivity index (χ2v) is 4.46. The lowest BCUT2D eigenvalue weighted by molar-refractivity contribution is -0.142. The maximum absolute atomic E-state index is 11.5. The van der Waals surface area contributed by atoms with E-state index in [2.05, 4.69) is 4.74 Å². The van der Waals surface area contributed by atoms with Gasteiger partial charge in [-0.15, -0.1) is 0 Å². The van der Waals surface area contributed by atoms with E-state index < -0.39 is 0 Å². The van der Waals surface area contributed by atoms with E-state index in [0.717, 1.165) is 5.75 Å². The topological polar surface area (TPSA) is 46.6 Å². The SMILES string of the molecule is COC(=O)CCC(=O)N1CCSC1=S. The molecule has 0 aromatic rings. The van der Waals surface area contributed by atoms with E-state index >= 15 is 0 Å². The zero-order valence-electron chi connectivity index (χ0n) is 7.82. The smallest absolute Gasteiger partial charge is 0.306 e. The van der Waals surface area contributed by atoms with Crippen molar-refractivity contribution >= 4 is 40.2 Å². The predicted octanol–water partition coefficient (Wildman–Crippen LogP) is 0.800. The molecule has 1 heterocycles. The molecule has 0 saturated carbocycles. The molecular weight excluding hydrogens is 222 g/mol. The number of nitrogens with zero attached hydrogens (tertiary/aromatic N) is 1. The van der Waals surface area contributed by atoms with Gasteiger partial charge in [-0.3, -0.25) is 14.5 Å². The number of rotatable bonds is 3. The molecule has 1 rings (SSSR count). The molecule has 1 aliphatic rings. The molecule has 1 fully saturated rings. The molecule has 0 aromatic heterocycles. The van der Waals surface area contributed by atoms with Gasteiger partial charge in [0.25, 0.3) is 0 Å². The summed E-state index contributed by atoms with van der Waals surface area (Å²) in [7, 11) is 1.31. The molecule has 0 spiro atoms. The lowest BCUT2D eigenvalue weighted by Crippen LogP contribution is -2.30. The first-order valence-electron chi connectivity index (χ1n) is 4.19. The molecule has 1 aliphatic heterocycles. The molecule has 78 valence electrons. The van der Waals surface area contributed by atoms with Crippen molar-refractivity contribution in [2.24, 2.45) is 0 Å². The highest BCUT2D eigenvalue weighted by Crippen LogP contribution is 2.18. The molecule has 0 radical (unpaired) electrons. The maximum Gasteiger partial charge on any atom is 0.306 e. The fourth-order valence-corrected chi connectivity index (χ4v) is 2.31. The van der Waals surface area contributed by atoms with Crippen molar-refractivity contribution in [3.05, 3.63) is 0 Å². The summed E-state index contributed by atoms with van der Waals surface area (Å²) >= 11 is 6.47. The lowest BCUT2D eigenvalue weighted by Gasteiger charge is -2.13. The monoisotopic (exact) mass is 233 g/mol. The zero-order chi connectivity index (χ0) is 10.6. The normalized spacial score (nSPS) is 15.8. The summed E-state index contributed by atoms with van der Waals surface area (Å²) in [6, 6.07) is 0. The summed E-state index contributed by atoms with van der Waals surface area (Å²) in [6.45, 7) is 0.656. The Kier molecular flexibility index (Phi) is 4.34. The van der Waals surface area contributed by atoms with Crippen molar-refractivity contribution in [3.63, 3.8) is 0 Å². The molecule has 0 bridgehead atoms. The van der Waals surface area contributed by atoms with E-state index in [1.54, 1.807) is 4.90 Å². The predicted molar refractivity (Wildman–Crippen MR) is 58.0 cm³/mol. The fraction of sp³-hybridized carbons (Fsp3) is 0.625. The minimum atomic E-state index is -0.365. The van der Waals surface area contributed by atoms with Crippen LogP contribution in [0.2, 0.25) is 0 Å². The second kappa shape index (κ2) is 5.31. The first kappa shape index (κ1) is 11.5. The average Bonchev–Trinajstić information content (AvgIpc) is 2.60. The van der Waals surface area contributed by atoms with Crippen LogP contribution in [0, 0.1) is 0 Å². The summed E-state index contributed by atoms with van der Waals surface area (Å²) in [5.41, 5.74) is 0. The minimum absolute atomic E-state index is 0.0922. The number of carbonyl (C=O) groups excluding carboxylic acids is 2. The number of methoxy groups -OCH3 is 1. The molecule has 0 N–H and O–H groups in total. The van der Waals surface area contributed by atoms with E-state index in [4.69, 9.17) is 12.2 Å². The van der Waals surface area contributed by atoms with E-state index in [1.807, 2.05) is 0 Å². The van der Waals surface area contributed by atoms with Crippen LogP contribution >= 0.6 is 24.0 Å². The Balaban J connectivity index is 2.34. The second-order valence-electron chi connectivity index (χ2n) is 2.74. The van der Waals surface area contributed by atoms with Gasteiger partial charge < -0.3 is 4.74 Å². The Morgan fingerprint density at radius 2 is 2.29 bits per heavy atom. The standard InChI is InChI=1S/C8H11NO3S2/c1-12-7(11)3-2-6(10)9-4-5-14-8(9)13/h2-5H2,1H3. The van der Waals surface area contributed by atoms with Gasteiger partial charge >= 0.3 is 5.97 Å². The van der Waals surface area contributed by atoms with Crippen molar-refractivity contribution in [1.82, 2.24) is 4.90 Å². The van der Waals surface area contributed by atoms with Crippen molar-refractivity contribution in [3.8, 4) is 0 Å². The molecule has 0 aromatic carbocycles. The van der Waals surface area contributed by atoms with E-state index in [0.29, 0.717) is 10.9 Å². The quantitative estimate of drug-likeness (QED) is 0.533. The average molecular weight is 233 g/mol. The molecule has 6 heteroatoms. The Hall–Kier alpha value is -0.620. The minimum Gasteiger partial charge on any atom is -0.469 e. The molecule has 14 heavy (non-hydrogen) atoms. The van der Waals surface area contributed by atoms with Gasteiger partial charge in [0, 0.05) is 18.7 Å². The number of carbonyl (C=O) groups is 2. The summed E-state index contributed by atoms with van der Waals surface area (Å²) in [6.07, 6.45) is 0.298. The summed E-state index contributed by atoms with van der Waals surface area (Å²) in [5, 5.41) is 0. The number of ether oxygens (including phenoxy) is 1. The highest BCUT2D eigenvalue weighted by atomic mass is 32.2. The third-order valence-electron chi connectivity index (χ3n) is 1.83. The first-order chi connectivity index (χ1) is 6.65. The number of hydrogen-bond acceptors (Lipinski definition) is 5. The summed E-state index contributed by atoms with van der Waals surface area (Å²) in [4.78, 5) is 23.8. The molecule has 0 aliphatic carbocycles. The van der Waals surface area contributed by atoms with E-state index in [1.165, 1.54) is 18.9 Å². The summed E-state index contributed by atoms with van der Waals surface area (Å²) < 4.78 is 5.05. The largest absolute Gasteiger partial charge is 0.469 e. The van der Waals surface area contributed by atoms with Crippen molar-refractivity contribution in [1.29, 1.82) is 0 Å². The Morgan fingerprint density at radius 1 is 1.57 bits per heavy atom. The highest BCUT2D eigenvalue weighted by molar-refractivity contribution is 8.23. The van der Waals surface area contributed by atoms with Crippen LogP contribution in [0.1, 0.15) is 12.8 Å². The lowest BCUT2D eigenvalue weighted by atomic mass is 10.3. The number of hydrogen-bond donors (Lipinski definition) is 0. The molecule has 1 amide bonds. The van der Waals surface area contributed by atoms with Crippen LogP contribution in [0.3, 0.4) is 0 Å². The number of thiocarbonyl (C=S) groups is 1. The highest BCUT2D eigenvalue weighted by Gasteiger charge is 2.24. The van der Waals surface area contributed by atoms with Crippen LogP contribution in [-0.2, 0) is 14.3 Å². The molecule has 0 atom stereocenters. The van der Waals surface area contributed by atoms with Gasteiger partial charge in [-0.2, -0.15) is 0 Å². The molecular formula is C8H11NO3S2. The maximum atomic E-state index is 11.5. The van der Waals surface area contributed by atoms with Gasteiger partial charge in [0.2, 0.25) is 5.91 Å². The van der Waals surface area contributed by atoms with Crippen LogP contribution < -0.4 is 0 Å². The Bertz CT molecular complexity index is 267. The van der Waals surface area contributed by atoms with Crippen molar-refractivity contribution < 1.29 is 14.3 Å². The number of esters is 1. The first-order valence-corrected chi connectivity index (χ1v) is 5.58. The van der Waals surface area contributed by atoms with E-state index in [-0.39, 0.29) is 24.7 Å². The number of amides is 1. The van der Waals surface area contributed by atoms with Crippen LogP contribution in [0.15, 0.2) is 0 Å². The van der Waals surface area contributed by atoms with Crippen molar-refractivity contribution in [2.45, 2.75) is 12.8 Å². The van der Waals surface area contributed by atoms with Gasteiger partial charge in [-0.05, 0) is 0 Å². The van der Waals surface area contributed by atoms with Crippen LogP contribution in [0.25, 0.3) is 0 Å². The van der Waals surface area contributed by atoms with Crippen LogP contribution in [0.4, 0.5) is 0 Å². The van der Waals surface area contributed by atoms with Gasteiger partial charge in [-0.25, -0.2) is 0 Å². The van der Waals surface area contributed by atoms with Gasteiger partial charge in [0.05, 0.1) is 13.5 Å². The Morgan fingerprint density at radius 3 is 2.79 bits per heavy atom. The molecule has 1 saturated heterocycles.